The number of fused-ring (bicyclic) bond motifs is 2. The Labute approximate surface area is 130 Å². The number of hydrogen-bond donors (Lipinski definition) is 0. The summed E-state index contributed by atoms with van der Waals surface area (Å²) >= 11 is 0. The molecule has 1 saturated carbocycles. The summed E-state index contributed by atoms with van der Waals surface area (Å²) in [6.45, 7) is 11.8. The zero-order valence-corrected chi connectivity index (χ0v) is 14.6. The third kappa shape index (κ3) is 2.86. The first-order chi connectivity index (χ1) is 9.84. The van der Waals surface area contributed by atoms with Crippen LogP contribution in [0.25, 0.3) is 0 Å². The van der Waals surface area contributed by atoms with Crippen molar-refractivity contribution in [2.45, 2.75) is 91.3 Å². The van der Waals surface area contributed by atoms with Crippen LogP contribution in [-0.4, -0.2) is 11.7 Å². The number of ether oxygens (including phenoxy) is 1. The molecule has 0 spiro atoms. The number of epoxide rings is 1. The van der Waals surface area contributed by atoms with Gasteiger partial charge in [-0.05, 0) is 84.0 Å². The quantitative estimate of drug-likeness (QED) is 0.405. The molecule has 3 aliphatic rings. The molecule has 1 nitrogen and oxygen atoms in total. The van der Waals surface area contributed by atoms with Gasteiger partial charge < -0.3 is 4.74 Å². The molecule has 0 amide bonds. The van der Waals surface area contributed by atoms with Crippen molar-refractivity contribution in [2.24, 2.45) is 11.3 Å². The van der Waals surface area contributed by atoms with Gasteiger partial charge in [-0.2, -0.15) is 0 Å². The highest BCUT2D eigenvalue weighted by molar-refractivity contribution is 5.23. The Kier molecular flexibility index (Phi) is 3.84. The van der Waals surface area contributed by atoms with Crippen molar-refractivity contribution in [3.8, 4) is 0 Å². The van der Waals surface area contributed by atoms with E-state index in [-0.39, 0.29) is 5.60 Å². The molecule has 2 fully saturated rings. The van der Waals surface area contributed by atoms with Gasteiger partial charge in [-0.25, -0.2) is 0 Å². The summed E-state index contributed by atoms with van der Waals surface area (Å²) in [4.78, 5) is 0. The molecule has 118 valence electrons. The highest BCUT2D eigenvalue weighted by Gasteiger charge is 2.52. The van der Waals surface area contributed by atoms with E-state index < -0.39 is 0 Å². The smallest absolute Gasteiger partial charge is 0.0920 e. The SMILES string of the molecule is CC1=CCC2(C)CCC(=C(C)C)C2CCC2(C)OC2CC1. The van der Waals surface area contributed by atoms with E-state index in [2.05, 4.69) is 40.7 Å². The van der Waals surface area contributed by atoms with Crippen LogP contribution in [0.15, 0.2) is 22.8 Å². The van der Waals surface area contributed by atoms with Crippen LogP contribution in [0.1, 0.15) is 79.6 Å². The molecular formula is C20H32O. The second-order valence-corrected chi connectivity index (χ2v) is 8.48. The van der Waals surface area contributed by atoms with Crippen LogP contribution in [0.2, 0.25) is 0 Å². The Morgan fingerprint density at radius 3 is 2.62 bits per heavy atom. The van der Waals surface area contributed by atoms with Gasteiger partial charge in [-0.15, -0.1) is 0 Å². The first-order valence-corrected chi connectivity index (χ1v) is 8.84. The van der Waals surface area contributed by atoms with Gasteiger partial charge in [0.05, 0.1) is 11.7 Å². The van der Waals surface area contributed by atoms with Gasteiger partial charge >= 0.3 is 0 Å². The molecule has 1 saturated heterocycles. The van der Waals surface area contributed by atoms with Crippen LogP contribution in [0.4, 0.5) is 0 Å². The van der Waals surface area contributed by atoms with Crippen LogP contribution in [0.5, 0.6) is 0 Å². The molecule has 0 aromatic carbocycles. The molecule has 0 bridgehead atoms. The number of hydrogen-bond acceptors (Lipinski definition) is 1. The standard InChI is InChI=1S/C20H32O/c1-14(2)16-9-12-19(4)11-8-15(3)6-7-18-20(5,21-18)13-10-17(16)19/h8,17-18H,6-7,9-13H2,1-5H3. The third-order valence-electron chi connectivity index (χ3n) is 6.55. The second kappa shape index (κ2) is 5.26. The first kappa shape index (κ1) is 15.3. The highest BCUT2D eigenvalue weighted by Crippen LogP contribution is 2.55. The van der Waals surface area contributed by atoms with Gasteiger partial charge in [0.1, 0.15) is 0 Å². The van der Waals surface area contributed by atoms with E-state index in [0.29, 0.717) is 11.5 Å². The summed E-state index contributed by atoms with van der Waals surface area (Å²) in [7, 11) is 0. The van der Waals surface area contributed by atoms with Crippen LogP contribution in [0, 0.1) is 11.3 Å². The fourth-order valence-electron chi connectivity index (χ4n) is 4.73. The molecule has 0 radical (unpaired) electrons. The zero-order valence-electron chi connectivity index (χ0n) is 14.6. The molecule has 0 aromatic rings. The fourth-order valence-corrected chi connectivity index (χ4v) is 4.73. The van der Waals surface area contributed by atoms with E-state index in [0.717, 1.165) is 5.92 Å². The normalized spacial score (nSPS) is 43.5. The van der Waals surface area contributed by atoms with Crippen molar-refractivity contribution < 1.29 is 4.74 Å². The molecule has 21 heavy (non-hydrogen) atoms. The fraction of sp³-hybridized carbons (Fsp3) is 0.800. The first-order valence-electron chi connectivity index (χ1n) is 8.84. The highest BCUT2D eigenvalue weighted by atomic mass is 16.6. The van der Waals surface area contributed by atoms with Crippen molar-refractivity contribution >= 4 is 0 Å². The average Bonchev–Trinajstić information content (AvgIpc) is 2.94. The third-order valence-corrected chi connectivity index (χ3v) is 6.55. The Morgan fingerprint density at radius 1 is 1.14 bits per heavy atom. The Bertz CT molecular complexity index is 482. The summed E-state index contributed by atoms with van der Waals surface area (Å²) in [5, 5.41) is 0. The molecule has 4 atom stereocenters. The van der Waals surface area contributed by atoms with Crippen LogP contribution in [0.3, 0.4) is 0 Å². The average molecular weight is 288 g/mol. The van der Waals surface area contributed by atoms with Crippen LogP contribution < -0.4 is 0 Å². The van der Waals surface area contributed by atoms with Crippen molar-refractivity contribution in [2.75, 3.05) is 0 Å². The minimum Gasteiger partial charge on any atom is -0.366 e. The Hall–Kier alpha value is -0.560. The van der Waals surface area contributed by atoms with E-state index in [1.54, 1.807) is 16.7 Å². The van der Waals surface area contributed by atoms with Gasteiger partial charge in [0, 0.05) is 0 Å². The van der Waals surface area contributed by atoms with Crippen LogP contribution in [-0.2, 0) is 4.74 Å². The molecule has 4 unspecified atom stereocenters. The molecule has 0 N–H and O–H groups in total. The molecule has 2 aliphatic carbocycles. The maximum atomic E-state index is 6.06. The van der Waals surface area contributed by atoms with E-state index in [1.165, 1.54) is 44.9 Å². The lowest BCUT2D eigenvalue weighted by Gasteiger charge is -2.32. The number of rotatable bonds is 0. The lowest BCUT2D eigenvalue weighted by Crippen LogP contribution is -2.24. The minimum absolute atomic E-state index is 0.181. The van der Waals surface area contributed by atoms with Crippen LogP contribution >= 0.6 is 0 Å². The van der Waals surface area contributed by atoms with Gasteiger partial charge in [0.25, 0.3) is 0 Å². The summed E-state index contributed by atoms with van der Waals surface area (Å²) in [6, 6.07) is 0. The van der Waals surface area contributed by atoms with Gasteiger partial charge in [-0.3, -0.25) is 0 Å². The zero-order chi connectivity index (χ0) is 15.3. The summed E-state index contributed by atoms with van der Waals surface area (Å²) in [5.74, 6) is 0.770. The second-order valence-electron chi connectivity index (χ2n) is 8.48. The number of allylic oxidation sites excluding steroid dienone is 4. The molecule has 1 heteroatoms. The maximum Gasteiger partial charge on any atom is 0.0920 e. The molecule has 1 aliphatic heterocycles. The summed E-state index contributed by atoms with van der Waals surface area (Å²) < 4.78 is 6.06. The maximum absolute atomic E-state index is 6.06. The van der Waals surface area contributed by atoms with E-state index in [4.69, 9.17) is 4.74 Å². The topological polar surface area (TPSA) is 12.5 Å². The summed E-state index contributed by atoms with van der Waals surface area (Å²) in [5.41, 5.74) is 5.54. The van der Waals surface area contributed by atoms with Crippen molar-refractivity contribution in [1.29, 1.82) is 0 Å². The van der Waals surface area contributed by atoms with E-state index in [1.807, 2.05) is 0 Å². The lowest BCUT2D eigenvalue weighted by molar-refractivity contribution is 0.211. The van der Waals surface area contributed by atoms with Gasteiger partial charge in [0.15, 0.2) is 0 Å². The van der Waals surface area contributed by atoms with Gasteiger partial charge in [-0.1, -0.05) is 29.7 Å². The summed E-state index contributed by atoms with van der Waals surface area (Å²) in [6.07, 6.45) is 12.0. The van der Waals surface area contributed by atoms with Gasteiger partial charge in [0.2, 0.25) is 0 Å². The molecule has 1 heterocycles. The van der Waals surface area contributed by atoms with Crippen molar-refractivity contribution in [1.82, 2.24) is 0 Å². The van der Waals surface area contributed by atoms with Crippen molar-refractivity contribution in [3.63, 3.8) is 0 Å². The van der Waals surface area contributed by atoms with E-state index in [9.17, 15) is 0 Å². The van der Waals surface area contributed by atoms with Crippen molar-refractivity contribution in [3.05, 3.63) is 22.8 Å². The molecular weight excluding hydrogens is 256 g/mol. The largest absolute Gasteiger partial charge is 0.366 e. The lowest BCUT2D eigenvalue weighted by atomic mass is 9.72. The molecule has 0 aromatic heterocycles. The molecule has 3 rings (SSSR count). The minimum atomic E-state index is 0.181. The Balaban J connectivity index is 1.89. The van der Waals surface area contributed by atoms with E-state index >= 15 is 0 Å². The predicted octanol–water partition coefficient (Wildman–Crippen LogP) is 5.81. The predicted molar refractivity (Wildman–Crippen MR) is 89.3 cm³/mol. The monoisotopic (exact) mass is 288 g/mol. The Morgan fingerprint density at radius 2 is 1.90 bits per heavy atom.